The number of rotatable bonds is 6. The molecule has 0 saturated heterocycles. The van der Waals surface area contributed by atoms with E-state index in [0.29, 0.717) is 12.4 Å². The highest BCUT2D eigenvalue weighted by molar-refractivity contribution is 6.76. The molecule has 0 spiro atoms. The van der Waals surface area contributed by atoms with Crippen molar-refractivity contribution in [2.24, 2.45) is 0 Å². The molecule has 6 heteroatoms. The average molecular weight is 279 g/mol. The largest absolute Gasteiger partial charge is 0.390 e. The van der Waals surface area contributed by atoms with Crippen molar-refractivity contribution in [1.82, 2.24) is 14.5 Å². The van der Waals surface area contributed by atoms with E-state index in [4.69, 9.17) is 4.74 Å². The van der Waals surface area contributed by atoms with E-state index >= 15 is 0 Å². The number of aliphatic hydroxyl groups excluding tert-OH is 1. The first-order chi connectivity index (χ1) is 9.01. The Morgan fingerprint density at radius 2 is 2.11 bits per heavy atom. The lowest BCUT2D eigenvalue weighted by atomic mass is 10.3. The summed E-state index contributed by atoms with van der Waals surface area (Å²) >= 11 is 0. The first kappa shape index (κ1) is 14.2. The Morgan fingerprint density at radius 3 is 2.79 bits per heavy atom. The lowest BCUT2D eigenvalue weighted by Crippen LogP contribution is -2.22. The van der Waals surface area contributed by atoms with Gasteiger partial charge in [0.15, 0.2) is 0 Å². The van der Waals surface area contributed by atoms with Crippen LogP contribution >= 0.6 is 0 Å². The van der Waals surface area contributed by atoms with Crippen molar-refractivity contribution < 1.29 is 9.84 Å². The lowest BCUT2D eigenvalue weighted by molar-refractivity contribution is 0.0898. The molecule has 0 bridgehead atoms. The molecule has 0 atom stereocenters. The van der Waals surface area contributed by atoms with Gasteiger partial charge in [0.05, 0.1) is 12.3 Å². The molecule has 0 aliphatic rings. The molecule has 104 valence electrons. The first-order valence-corrected chi connectivity index (χ1v) is 10.2. The molecule has 2 aromatic rings. The fourth-order valence-electron chi connectivity index (χ4n) is 1.83. The van der Waals surface area contributed by atoms with Gasteiger partial charge in [-0.2, -0.15) is 0 Å². The zero-order valence-corrected chi connectivity index (χ0v) is 12.8. The van der Waals surface area contributed by atoms with Crippen molar-refractivity contribution in [2.75, 3.05) is 6.61 Å². The summed E-state index contributed by atoms with van der Waals surface area (Å²) < 4.78 is 7.66. The second-order valence-corrected chi connectivity index (χ2v) is 11.5. The van der Waals surface area contributed by atoms with Gasteiger partial charge in [-0.3, -0.25) is 0 Å². The predicted molar refractivity (Wildman–Crippen MR) is 77.6 cm³/mol. The Kier molecular flexibility index (Phi) is 4.33. The molecule has 2 heterocycles. The molecular formula is C13H21N3O2Si. The minimum atomic E-state index is -1.04. The summed E-state index contributed by atoms with van der Waals surface area (Å²) in [6, 6.07) is 3.08. The van der Waals surface area contributed by atoms with Crippen LogP contribution in [0.2, 0.25) is 25.7 Å². The van der Waals surface area contributed by atoms with Crippen LogP contribution in [-0.2, 0) is 18.1 Å². The van der Waals surface area contributed by atoms with Crippen LogP contribution in [0.5, 0.6) is 0 Å². The summed E-state index contributed by atoms with van der Waals surface area (Å²) in [5.74, 6) is 0. The average Bonchev–Trinajstić information content (AvgIpc) is 2.76. The van der Waals surface area contributed by atoms with Crippen molar-refractivity contribution in [2.45, 2.75) is 39.0 Å². The summed E-state index contributed by atoms with van der Waals surface area (Å²) in [7, 11) is -1.04. The van der Waals surface area contributed by atoms with Gasteiger partial charge in [-0.05, 0) is 12.1 Å². The molecule has 0 amide bonds. The normalized spacial score (nSPS) is 12.2. The molecule has 1 N–H and O–H groups in total. The Labute approximate surface area is 114 Å². The van der Waals surface area contributed by atoms with Gasteiger partial charge in [-0.25, -0.2) is 9.97 Å². The third-order valence-corrected chi connectivity index (χ3v) is 4.72. The zero-order chi connectivity index (χ0) is 13.9. The van der Waals surface area contributed by atoms with E-state index < -0.39 is 8.07 Å². The Bertz CT molecular complexity index is 548. The van der Waals surface area contributed by atoms with Gasteiger partial charge >= 0.3 is 0 Å². The molecule has 19 heavy (non-hydrogen) atoms. The van der Waals surface area contributed by atoms with Crippen LogP contribution in [-0.4, -0.2) is 34.3 Å². The molecular weight excluding hydrogens is 258 g/mol. The van der Waals surface area contributed by atoms with Crippen LogP contribution in [0.4, 0.5) is 0 Å². The maximum atomic E-state index is 9.22. The number of fused-ring (bicyclic) bond motifs is 1. The molecule has 2 rings (SSSR count). The maximum absolute atomic E-state index is 9.22. The van der Waals surface area contributed by atoms with E-state index in [1.807, 2.05) is 16.8 Å². The Morgan fingerprint density at radius 1 is 1.32 bits per heavy atom. The van der Waals surface area contributed by atoms with E-state index in [9.17, 15) is 5.11 Å². The van der Waals surface area contributed by atoms with Gasteiger partial charge in [0, 0.05) is 26.3 Å². The fraction of sp³-hybridized carbons (Fsp3) is 0.538. The quantitative estimate of drug-likeness (QED) is 0.651. The monoisotopic (exact) mass is 279 g/mol. The van der Waals surface area contributed by atoms with E-state index in [1.165, 1.54) is 6.33 Å². The van der Waals surface area contributed by atoms with Crippen LogP contribution in [0.3, 0.4) is 0 Å². The van der Waals surface area contributed by atoms with Gasteiger partial charge in [-0.1, -0.05) is 19.6 Å². The molecule has 0 aromatic carbocycles. The molecule has 0 unspecified atom stereocenters. The fourth-order valence-corrected chi connectivity index (χ4v) is 2.58. The number of hydrogen-bond donors (Lipinski definition) is 1. The highest BCUT2D eigenvalue weighted by Gasteiger charge is 2.12. The highest BCUT2D eigenvalue weighted by Crippen LogP contribution is 2.16. The van der Waals surface area contributed by atoms with Crippen molar-refractivity contribution in [1.29, 1.82) is 0 Å². The molecule has 0 saturated carbocycles. The number of hydrogen-bond acceptors (Lipinski definition) is 4. The van der Waals surface area contributed by atoms with Crippen molar-refractivity contribution in [3.63, 3.8) is 0 Å². The van der Waals surface area contributed by atoms with Crippen molar-refractivity contribution in [3.05, 3.63) is 24.3 Å². The van der Waals surface area contributed by atoms with E-state index in [1.54, 1.807) is 0 Å². The first-order valence-electron chi connectivity index (χ1n) is 6.48. The maximum Gasteiger partial charge on any atom is 0.145 e. The van der Waals surface area contributed by atoms with Crippen LogP contribution in [0, 0.1) is 0 Å². The van der Waals surface area contributed by atoms with Crippen LogP contribution < -0.4 is 0 Å². The van der Waals surface area contributed by atoms with E-state index in [0.717, 1.165) is 23.7 Å². The van der Waals surface area contributed by atoms with Crippen LogP contribution in [0.1, 0.15) is 5.69 Å². The highest BCUT2D eigenvalue weighted by atomic mass is 28.3. The van der Waals surface area contributed by atoms with Crippen LogP contribution in [0.15, 0.2) is 18.6 Å². The molecule has 0 fully saturated rings. The topological polar surface area (TPSA) is 60.2 Å². The summed E-state index contributed by atoms with van der Waals surface area (Å²) in [6.07, 6.45) is 3.40. The van der Waals surface area contributed by atoms with Crippen LogP contribution in [0.25, 0.3) is 11.0 Å². The summed E-state index contributed by atoms with van der Waals surface area (Å²) in [5.41, 5.74) is 1.47. The molecule has 0 aliphatic heterocycles. The smallest absolute Gasteiger partial charge is 0.145 e. The second-order valence-electron chi connectivity index (χ2n) is 5.85. The number of aromatic nitrogens is 3. The molecule has 5 nitrogen and oxygen atoms in total. The standard InChI is InChI=1S/C13H21N3O2Si/c1-19(2,3)7-6-18-10-16-5-4-11-12(8-17)14-9-15-13(11)16/h4-5,9,17H,6-8,10H2,1-3H3. The van der Waals surface area contributed by atoms with Gasteiger partial charge in [0.2, 0.25) is 0 Å². The number of aliphatic hydroxyl groups is 1. The summed E-state index contributed by atoms with van der Waals surface area (Å²) in [5, 5.41) is 10.1. The Hall–Kier alpha value is -1.24. The molecule has 0 aliphatic carbocycles. The number of ether oxygens (including phenoxy) is 1. The van der Waals surface area contributed by atoms with Crippen molar-refractivity contribution in [3.8, 4) is 0 Å². The molecule has 2 aromatic heterocycles. The van der Waals surface area contributed by atoms with Crippen molar-refractivity contribution >= 4 is 19.1 Å². The minimum absolute atomic E-state index is 0.0699. The third kappa shape index (κ3) is 3.62. The lowest BCUT2D eigenvalue weighted by Gasteiger charge is -2.15. The molecule has 0 radical (unpaired) electrons. The predicted octanol–water partition coefficient (Wildman–Crippen LogP) is 2.24. The van der Waals surface area contributed by atoms with E-state index in [2.05, 4.69) is 29.6 Å². The van der Waals surface area contributed by atoms with Gasteiger partial charge in [0.25, 0.3) is 0 Å². The zero-order valence-electron chi connectivity index (χ0n) is 11.8. The summed E-state index contributed by atoms with van der Waals surface area (Å²) in [4.78, 5) is 8.30. The number of nitrogens with zero attached hydrogens (tertiary/aromatic N) is 3. The third-order valence-electron chi connectivity index (χ3n) is 3.02. The van der Waals surface area contributed by atoms with Gasteiger partial charge in [0.1, 0.15) is 18.7 Å². The Balaban J connectivity index is 2.02. The SMILES string of the molecule is C[Si](C)(C)CCOCn1ccc2c(CO)ncnc21. The van der Waals surface area contributed by atoms with Gasteiger partial charge < -0.3 is 14.4 Å². The van der Waals surface area contributed by atoms with Gasteiger partial charge in [-0.15, -0.1) is 0 Å². The second kappa shape index (κ2) is 5.81. The van der Waals surface area contributed by atoms with E-state index in [-0.39, 0.29) is 6.61 Å². The minimum Gasteiger partial charge on any atom is -0.390 e. The summed E-state index contributed by atoms with van der Waals surface area (Å²) in [6.45, 7) is 8.22.